The van der Waals surface area contributed by atoms with Crippen LogP contribution in [0.25, 0.3) is 0 Å². The third kappa shape index (κ3) is 7.12. The standard InChI is InChI=1S/C23H32N2O5S.ClH/c1-2-30-23(29)17(13-12-16-8-4-3-5-9-16)24-18-15-31-20-11-7-6-10-19(20)25(22(18)28)14-21(26)27;/h6-7,10-11,16-18,24H,2-5,8-9,12-15H2,1H3,(H,26,27);1H/t17-,18-;/m0./s1. The minimum Gasteiger partial charge on any atom is -0.480 e. The number of thioether (sulfide) groups is 1. The third-order valence-corrected chi connectivity index (χ3v) is 7.14. The summed E-state index contributed by atoms with van der Waals surface area (Å²) in [7, 11) is 0. The molecule has 0 saturated heterocycles. The number of anilines is 1. The van der Waals surface area contributed by atoms with E-state index in [1.54, 1.807) is 19.1 Å². The maximum absolute atomic E-state index is 13.3. The molecule has 32 heavy (non-hydrogen) atoms. The number of carbonyl (C=O) groups excluding carboxylic acids is 2. The van der Waals surface area contributed by atoms with E-state index < -0.39 is 24.6 Å². The Morgan fingerprint density at radius 1 is 1.25 bits per heavy atom. The number of ether oxygens (including phenoxy) is 1. The van der Waals surface area contributed by atoms with E-state index in [0.717, 1.165) is 11.3 Å². The maximum atomic E-state index is 13.3. The summed E-state index contributed by atoms with van der Waals surface area (Å²) < 4.78 is 5.28. The summed E-state index contributed by atoms with van der Waals surface area (Å²) in [5.41, 5.74) is 0.596. The lowest BCUT2D eigenvalue weighted by Gasteiger charge is -2.28. The summed E-state index contributed by atoms with van der Waals surface area (Å²) in [6.45, 7) is 1.64. The van der Waals surface area contributed by atoms with Gasteiger partial charge in [-0.1, -0.05) is 44.2 Å². The number of hydrogen-bond donors (Lipinski definition) is 2. The number of nitrogens with zero attached hydrogens (tertiary/aromatic N) is 1. The van der Waals surface area contributed by atoms with Crippen molar-refractivity contribution in [3.8, 4) is 0 Å². The summed E-state index contributed by atoms with van der Waals surface area (Å²) in [4.78, 5) is 39.6. The highest BCUT2D eigenvalue weighted by molar-refractivity contribution is 7.99. The van der Waals surface area contributed by atoms with Gasteiger partial charge < -0.3 is 9.84 Å². The van der Waals surface area contributed by atoms with Crippen molar-refractivity contribution in [2.24, 2.45) is 5.92 Å². The summed E-state index contributed by atoms with van der Waals surface area (Å²) in [5, 5.41) is 12.6. The number of halogens is 1. The molecule has 0 spiro atoms. The molecule has 2 N–H and O–H groups in total. The van der Waals surface area contributed by atoms with Gasteiger partial charge in [0.25, 0.3) is 0 Å². The van der Waals surface area contributed by atoms with Crippen LogP contribution in [0.15, 0.2) is 29.2 Å². The fraction of sp³-hybridized carbons (Fsp3) is 0.609. The lowest BCUT2D eigenvalue weighted by atomic mass is 9.85. The molecule has 9 heteroatoms. The Bertz CT molecular complexity index is 787. The summed E-state index contributed by atoms with van der Waals surface area (Å²) in [6.07, 6.45) is 7.67. The Hall–Kier alpha value is -1.77. The van der Waals surface area contributed by atoms with Crippen molar-refractivity contribution in [2.45, 2.75) is 68.8 Å². The minimum atomic E-state index is -1.08. The van der Waals surface area contributed by atoms with Gasteiger partial charge in [0, 0.05) is 10.6 Å². The molecule has 0 aromatic heterocycles. The van der Waals surface area contributed by atoms with Crippen molar-refractivity contribution in [3.63, 3.8) is 0 Å². The third-order valence-electron chi connectivity index (χ3n) is 5.98. The van der Waals surface area contributed by atoms with E-state index in [9.17, 15) is 19.5 Å². The van der Waals surface area contributed by atoms with Crippen LogP contribution in [0.4, 0.5) is 5.69 Å². The highest BCUT2D eigenvalue weighted by atomic mass is 35.5. The number of aliphatic carboxylic acids is 1. The average molecular weight is 485 g/mol. The predicted octanol–water partition coefficient (Wildman–Crippen LogP) is 3.88. The number of carbonyl (C=O) groups is 3. The zero-order valence-electron chi connectivity index (χ0n) is 18.5. The number of benzene rings is 1. The molecule has 178 valence electrons. The number of carboxylic acid groups (broad SMARTS) is 1. The van der Waals surface area contributed by atoms with Gasteiger partial charge in [-0.2, -0.15) is 0 Å². The fourth-order valence-corrected chi connectivity index (χ4v) is 5.49. The van der Waals surface area contributed by atoms with Crippen molar-refractivity contribution < 1.29 is 24.2 Å². The number of esters is 1. The van der Waals surface area contributed by atoms with E-state index in [1.807, 2.05) is 12.1 Å². The van der Waals surface area contributed by atoms with Crippen molar-refractivity contribution in [1.29, 1.82) is 0 Å². The first-order valence-electron chi connectivity index (χ1n) is 11.2. The number of rotatable bonds is 9. The Labute approximate surface area is 200 Å². The monoisotopic (exact) mass is 484 g/mol. The lowest BCUT2D eigenvalue weighted by Crippen LogP contribution is -2.54. The minimum absolute atomic E-state index is 0. The number of amides is 1. The van der Waals surface area contributed by atoms with Gasteiger partial charge in [-0.25, -0.2) is 0 Å². The topological polar surface area (TPSA) is 95.9 Å². The molecular formula is C23H33ClN2O5S. The molecule has 0 unspecified atom stereocenters. The molecule has 2 aliphatic rings. The van der Waals surface area contributed by atoms with E-state index in [2.05, 4.69) is 5.32 Å². The summed E-state index contributed by atoms with van der Waals surface area (Å²) >= 11 is 1.50. The molecule has 1 aliphatic carbocycles. The zero-order chi connectivity index (χ0) is 22.2. The van der Waals surface area contributed by atoms with Crippen LogP contribution < -0.4 is 10.2 Å². The second-order valence-electron chi connectivity index (χ2n) is 8.20. The van der Waals surface area contributed by atoms with Gasteiger partial charge in [0.1, 0.15) is 12.6 Å². The van der Waals surface area contributed by atoms with Crippen molar-refractivity contribution >= 4 is 47.7 Å². The fourth-order valence-electron chi connectivity index (χ4n) is 4.40. The molecular weight excluding hydrogens is 452 g/mol. The highest BCUT2D eigenvalue weighted by Gasteiger charge is 2.35. The van der Waals surface area contributed by atoms with Gasteiger partial charge in [-0.05, 0) is 37.8 Å². The van der Waals surface area contributed by atoms with E-state index in [-0.39, 0.29) is 30.9 Å². The molecule has 1 amide bonds. The molecule has 1 fully saturated rings. The Morgan fingerprint density at radius 2 is 1.97 bits per heavy atom. The van der Waals surface area contributed by atoms with Crippen LogP contribution in [0.3, 0.4) is 0 Å². The molecule has 1 saturated carbocycles. The van der Waals surface area contributed by atoms with Crippen molar-refractivity contribution in [3.05, 3.63) is 24.3 Å². The second kappa shape index (κ2) is 13.1. The van der Waals surface area contributed by atoms with Gasteiger partial charge in [0.2, 0.25) is 5.91 Å². The van der Waals surface area contributed by atoms with E-state index in [1.165, 1.54) is 48.8 Å². The van der Waals surface area contributed by atoms with E-state index in [0.29, 0.717) is 23.8 Å². The molecule has 0 radical (unpaired) electrons. The van der Waals surface area contributed by atoms with Gasteiger partial charge in [0.05, 0.1) is 18.3 Å². The van der Waals surface area contributed by atoms with Crippen molar-refractivity contribution in [2.75, 3.05) is 23.8 Å². The first-order chi connectivity index (χ1) is 15.0. The molecule has 7 nitrogen and oxygen atoms in total. The van der Waals surface area contributed by atoms with Crippen LogP contribution in [-0.2, 0) is 19.1 Å². The van der Waals surface area contributed by atoms with Crippen LogP contribution >= 0.6 is 24.2 Å². The van der Waals surface area contributed by atoms with E-state index >= 15 is 0 Å². The maximum Gasteiger partial charge on any atom is 0.323 e. The van der Waals surface area contributed by atoms with Crippen LogP contribution in [0, 0.1) is 5.92 Å². The quantitative estimate of drug-likeness (QED) is 0.513. The van der Waals surface area contributed by atoms with Gasteiger partial charge in [-0.15, -0.1) is 24.2 Å². The molecule has 3 rings (SSSR count). The zero-order valence-corrected chi connectivity index (χ0v) is 20.1. The molecule has 1 aromatic carbocycles. The average Bonchev–Trinajstić information content (AvgIpc) is 2.89. The SMILES string of the molecule is CCOC(=O)[C@H](CCC1CCCCC1)N[C@H]1CSc2ccccc2N(CC(=O)O)C1=O.Cl. The predicted molar refractivity (Wildman–Crippen MR) is 128 cm³/mol. The van der Waals surface area contributed by atoms with Crippen LogP contribution in [0.2, 0.25) is 0 Å². The van der Waals surface area contributed by atoms with Gasteiger partial charge in [-0.3, -0.25) is 24.6 Å². The normalized spacial score (nSPS) is 20.0. The summed E-state index contributed by atoms with van der Waals surface area (Å²) in [6, 6.07) is 6.06. The first kappa shape index (κ1) is 26.5. The number of hydrogen-bond acceptors (Lipinski definition) is 6. The number of para-hydroxylation sites is 1. The molecule has 2 atom stereocenters. The molecule has 1 heterocycles. The van der Waals surface area contributed by atoms with Crippen LogP contribution in [-0.4, -0.2) is 53.9 Å². The number of carboxylic acids is 1. The Morgan fingerprint density at radius 3 is 2.66 bits per heavy atom. The number of fused-ring (bicyclic) bond motifs is 1. The first-order valence-corrected chi connectivity index (χ1v) is 12.2. The van der Waals surface area contributed by atoms with Crippen molar-refractivity contribution in [1.82, 2.24) is 5.32 Å². The van der Waals surface area contributed by atoms with Crippen LogP contribution in [0.1, 0.15) is 51.9 Å². The lowest BCUT2D eigenvalue weighted by molar-refractivity contribution is -0.146. The highest BCUT2D eigenvalue weighted by Crippen LogP contribution is 2.34. The smallest absolute Gasteiger partial charge is 0.323 e. The molecule has 0 bridgehead atoms. The van der Waals surface area contributed by atoms with E-state index in [4.69, 9.17) is 4.74 Å². The molecule has 1 aliphatic heterocycles. The molecule has 1 aromatic rings. The summed E-state index contributed by atoms with van der Waals surface area (Å²) in [5.74, 6) is -0.715. The Balaban J connectivity index is 0.00000363. The van der Waals surface area contributed by atoms with Crippen LogP contribution in [0.5, 0.6) is 0 Å². The largest absolute Gasteiger partial charge is 0.480 e. The van der Waals surface area contributed by atoms with Gasteiger partial charge >= 0.3 is 11.9 Å². The Kier molecular flexibility index (Phi) is 10.8. The van der Waals surface area contributed by atoms with Gasteiger partial charge in [0.15, 0.2) is 0 Å². The number of nitrogens with one attached hydrogen (secondary N) is 1. The second-order valence-corrected chi connectivity index (χ2v) is 9.26.